The molecule has 0 aliphatic carbocycles. The number of hydrogen-bond acceptors (Lipinski definition) is 4. The molecule has 0 saturated carbocycles. The minimum Gasteiger partial charge on any atom is -0.357 e. The van der Waals surface area contributed by atoms with Crippen molar-refractivity contribution in [1.82, 2.24) is 4.98 Å². The smallest absolute Gasteiger partial charge is 0.128 e. The Hall–Kier alpha value is -1.39. The summed E-state index contributed by atoms with van der Waals surface area (Å²) in [7, 11) is 2.09. The van der Waals surface area contributed by atoms with Gasteiger partial charge in [-0.05, 0) is 36.9 Å². The molecule has 0 bridgehead atoms. The zero-order valence-corrected chi connectivity index (χ0v) is 12.5. The van der Waals surface area contributed by atoms with Crippen LogP contribution in [0.15, 0.2) is 35.8 Å². The lowest BCUT2D eigenvalue weighted by Gasteiger charge is -2.26. The topological polar surface area (TPSA) is 42.1 Å². The van der Waals surface area contributed by atoms with Gasteiger partial charge in [-0.1, -0.05) is 12.1 Å². The molecular formula is C15H21N3S. The van der Waals surface area contributed by atoms with Gasteiger partial charge in [-0.15, -0.1) is 11.3 Å². The standard InChI is InChI=1S/C15H21N3S/c1-11(9-14-5-4-8-19-14)18(3)15-7-6-13(10-17-15)12(2)16/h4-8,10-12H,9,16H2,1-3H3. The van der Waals surface area contributed by atoms with Crippen LogP contribution in [-0.4, -0.2) is 18.1 Å². The molecule has 0 aliphatic rings. The second-order valence-electron chi connectivity index (χ2n) is 4.98. The normalized spacial score (nSPS) is 14.1. The van der Waals surface area contributed by atoms with Crippen LogP contribution in [0.2, 0.25) is 0 Å². The van der Waals surface area contributed by atoms with Gasteiger partial charge < -0.3 is 10.6 Å². The largest absolute Gasteiger partial charge is 0.357 e. The van der Waals surface area contributed by atoms with E-state index in [-0.39, 0.29) is 6.04 Å². The van der Waals surface area contributed by atoms with Crippen molar-refractivity contribution >= 4 is 17.2 Å². The summed E-state index contributed by atoms with van der Waals surface area (Å²) in [5.41, 5.74) is 6.91. The third-order valence-corrected chi connectivity index (χ3v) is 4.29. The van der Waals surface area contributed by atoms with E-state index in [1.54, 1.807) is 11.3 Å². The lowest BCUT2D eigenvalue weighted by Crippen LogP contribution is -2.31. The molecule has 0 radical (unpaired) electrons. The quantitative estimate of drug-likeness (QED) is 0.911. The first-order valence-electron chi connectivity index (χ1n) is 6.54. The summed E-state index contributed by atoms with van der Waals surface area (Å²) in [6.07, 6.45) is 2.92. The monoisotopic (exact) mass is 275 g/mol. The summed E-state index contributed by atoms with van der Waals surface area (Å²) in [5.74, 6) is 0.994. The van der Waals surface area contributed by atoms with E-state index < -0.39 is 0 Å². The van der Waals surface area contributed by atoms with Crippen molar-refractivity contribution in [2.24, 2.45) is 5.73 Å². The molecule has 0 fully saturated rings. The van der Waals surface area contributed by atoms with E-state index in [1.165, 1.54) is 4.88 Å². The Balaban J connectivity index is 2.04. The van der Waals surface area contributed by atoms with Gasteiger partial charge in [-0.2, -0.15) is 0 Å². The number of nitrogens with two attached hydrogens (primary N) is 1. The zero-order valence-electron chi connectivity index (χ0n) is 11.7. The van der Waals surface area contributed by atoms with Gasteiger partial charge in [0.25, 0.3) is 0 Å². The minimum absolute atomic E-state index is 0.0374. The average Bonchev–Trinajstić information content (AvgIpc) is 2.90. The summed E-state index contributed by atoms with van der Waals surface area (Å²) in [6.45, 7) is 4.20. The second kappa shape index (κ2) is 6.17. The minimum atomic E-state index is 0.0374. The molecule has 102 valence electrons. The first-order chi connectivity index (χ1) is 9.08. The Bertz CT molecular complexity index is 491. The third-order valence-electron chi connectivity index (χ3n) is 3.40. The molecular weight excluding hydrogens is 254 g/mol. The highest BCUT2D eigenvalue weighted by Crippen LogP contribution is 2.19. The van der Waals surface area contributed by atoms with E-state index in [0.717, 1.165) is 17.8 Å². The number of pyridine rings is 1. The van der Waals surface area contributed by atoms with Crippen LogP contribution in [-0.2, 0) is 6.42 Å². The van der Waals surface area contributed by atoms with Gasteiger partial charge >= 0.3 is 0 Å². The Morgan fingerprint density at radius 3 is 2.63 bits per heavy atom. The maximum atomic E-state index is 5.84. The molecule has 19 heavy (non-hydrogen) atoms. The van der Waals surface area contributed by atoms with E-state index in [9.17, 15) is 0 Å². The predicted molar refractivity (Wildman–Crippen MR) is 82.7 cm³/mol. The van der Waals surface area contributed by atoms with Crippen molar-refractivity contribution in [2.45, 2.75) is 32.4 Å². The molecule has 3 nitrogen and oxygen atoms in total. The maximum Gasteiger partial charge on any atom is 0.128 e. The number of nitrogens with zero attached hydrogens (tertiary/aromatic N) is 2. The fraction of sp³-hybridized carbons (Fsp3) is 0.400. The van der Waals surface area contributed by atoms with Gasteiger partial charge in [0.15, 0.2) is 0 Å². The number of likely N-dealkylation sites (N-methyl/N-ethyl adjacent to an activating group) is 1. The van der Waals surface area contributed by atoms with Gasteiger partial charge in [0.05, 0.1) is 0 Å². The Morgan fingerprint density at radius 1 is 1.32 bits per heavy atom. The Labute approximate surface area is 119 Å². The molecule has 4 heteroatoms. The van der Waals surface area contributed by atoms with Crippen LogP contribution >= 0.6 is 11.3 Å². The van der Waals surface area contributed by atoms with Gasteiger partial charge in [-0.25, -0.2) is 4.98 Å². The Kier molecular flexibility index (Phi) is 4.56. The first-order valence-corrected chi connectivity index (χ1v) is 7.42. The van der Waals surface area contributed by atoms with Crippen molar-refractivity contribution in [1.29, 1.82) is 0 Å². The molecule has 2 heterocycles. The Morgan fingerprint density at radius 2 is 2.11 bits per heavy atom. The molecule has 0 amide bonds. The predicted octanol–water partition coefficient (Wildman–Crippen LogP) is 3.23. The van der Waals surface area contributed by atoms with Crippen LogP contribution in [0.4, 0.5) is 5.82 Å². The molecule has 2 unspecified atom stereocenters. The molecule has 2 aromatic heterocycles. The molecule has 0 saturated heterocycles. The number of aromatic nitrogens is 1. The fourth-order valence-electron chi connectivity index (χ4n) is 1.96. The maximum absolute atomic E-state index is 5.84. The van der Waals surface area contributed by atoms with Crippen LogP contribution in [0, 0.1) is 0 Å². The average molecular weight is 275 g/mol. The molecule has 0 aromatic carbocycles. The number of anilines is 1. The summed E-state index contributed by atoms with van der Waals surface area (Å²) >= 11 is 1.81. The van der Waals surface area contributed by atoms with Gasteiger partial charge in [0.1, 0.15) is 5.82 Å². The van der Waals surface area contributed by atoms with Crippen LogP contribution in [0.25, 0.3) is 0 Å². The van der Waals surface area contributed by atoms with Crippen LogP contribution < -0.4 is 10.6 Å². The van der Waals surface area contributed by atoms with Crippen molar-refractivity contribution < 1.29 is 0 Å². The van der Waals surface area contributed by atoms with E-state index in [1.807, 2.05) is 19.2 Å². The van der Waals surface area contributed by atoms with E-state index in [2.05, 4.69) is 47.4 Å². The lowest BCUT2D eigenvalue weighted by molar-refractivity contribution is 0.679. The van der Waals surface area contributed by atoms with Crippen molar-refractivity contribution in [3.63, 3.8) is 0 Å². The number of thiophene rings is 1. The van der Waals surface area contributed by atoms with Crippen LogP contribution in [0.3, 0.4) is 0 Å². The number of hydrogen-bond donors (Lipinski definition) is 1. The summed E-state index contributed by atoms with van der Waals surface area (Å²) in [5, 5.41) is 2.12. The second-order valence-corrected chi connectivity index (χ2v) is 6.01. The van der Waals surface area contributed by atoms with Crippen molar-refractivity contribution in [3.8, 4) is 0 Å². The molecule has 2 aromatic rings. The van der Waals surface area contributed by atoms with E-state index in [4.69, 9.17) is 5.73 Å². The highest BCUT2D eigenvalue weighted by atomic mass is 32.1. The van der Waals surface area contributed by atoms with Gasteiger partial charge in [0, 0.05) is 36.6 Å². The van der Waals surface area contributed by atoms with Crippen LogP contribution in [0.1, 0.15) is 30.3 Å². The van der Waals surface area contributed by atoms with Crippen LogP contribution in [0.5, 0.6) is 0 Å². The number of rotatable bonds is 5. The van der Waals surface area contributed by atoms with Gasteiger partial charge in [0.2, 0.25) is 0 Å². The molecule has 2 N–H and O–H groups in total. The zero-order chi connectivity index (χ0) is 13.8. The SMILES string of the molecule is CC(N)c1ccc(N(C)C(C)Cc2cccs2)nc1. The highest BCUT2D eigenvalue weighted by molar-refractivity contribution is 7.09. The highest BCUT2D eigenvalue weighted by Gasteiger charge is 2.12. The van der Waals surface area contributed by atoms with Gasteiger partial charge in [-0.3, -0.25) is 0 Å². The summed E-state index contributed by atoms with van der Waals surface area (Å²) in [4.78, 5) is 8.12. The van der Waals surface area contributed by atoms with E-state index in [0.29, 0.717) is 6.04 Å². The summed E-state index contributed by atoms with van der Waals surface area (Å²) < 4.78 is 0. The first kappa shape index (κ1) is 14.0. The lowest BCUT2D eigenvalue weighted by atomic mass is 10.1. The third kappa shape index (κ3) is 3.55. The molecule has 2 atom stereocenters. The van der Waals surface area contributed by atoms with E-state index >= 15 is 0 Å². The molecule has 0 aliphatic heterocycles. The molecule has 0 spiro atoms. The van der Waals surface area contributed by atoms with Crippen molar-refractivity contribution in [2.75, 3.05) is 11.9 Å². The fourth-order valence-corrected chi connectivity index (χ4v) is 2.78. The molecule has 2 rings (SSSR count). The van der Waals surface area contributed by atoms with Crippen molar-refractivity contribution in [3.05, 3.63) is 46.3 Å². The summed E-state index contributed by atoms with van der Waals surface area (Å²) in [6, 6.07) is 8.84.